The second-order valence-corrected chi connectivity index (χ2v) is 13.6. The van der Waals surface area contributed by atoms with E-state index in [1.165, 1.54) is 22.7 Å². The number of aliphatic imine (C=N–C) groups is 1. The van der Waals surface area contributed by atoms with E-state index in [0.717, 1.165) is 6.54 Å². The van der Waals surface area contributed by atoms with Gasteiger partial charge in [-0.1, -0.05) is 55.5 Å². The Bertz CT molecular complexity index is 1990. The SMILES string of the molecule is CCNCCN(c1ccc(N=C(c2ccccc2)c2c(O)[nH]c3ccc(S(=O)(=O)Nc4ccccc4)cc23)cc1)S(C)(=O)=O. The normalized spacial score (nSPS) is 12.4. The monoisotopic (exact) mass is 631 g/mol. The molecule has 1 aromatic heterocycles. The first-order chi connectivity index (χ1) is 21.1. The van der Waals surface area contributed by atoms with Crippen LogP contribution in [-0.2, 0) is 20.0 Å². The number of nitrogens with one attached hydrogen (secondary N) is 3. The molecule has 1 heterocycles. The fraction of sp³-hybridized carbons (Fsp3) is 0.156. The summed E-state index contributed by atoms with van der Waals surface area (Å²) in [6.07, 6.45) is 1.17. The van der Waals surface area contributed by atoms with Gasteiger partial charge < -0.3 is 15.4 Å². The number of para-hydroxylation sites is 1. The summed E-state index contributed by atoms with van der Waals surface area (Å²) < 4.78 is 55.4. The van der Waals surface area contributed by atoms with Crippen molar-refractivity contribution >= 4 is 53.7 Å². The molecule has 5 aromatic rings. The third-order valence-electron chi connectivity index (χ3n) is 6.89. The molecule has 4 aromatic carbocycles. The Morgan fingerprint density at radius 1 is 0.886 bits per heavy atom. The summed E-state index contributed by atoms with van der Waals surface area (Å²) in [4.78, 5) is 7.83. The Kier molecular flexibility index (Phi) is 9.04. The molecule has 0 bridgehead atoms. The highest BCUT2D eigenvalue weighted by Gasteiger charge is 2.22. The highest BCUT2D eigenvalue weighted by atomic mass is 32.2. The zero-order valence-electron chi connectivity index (χ0n) is 24.2. The highest BCUT2D eigenvalue weighted by Crippen LogP contribution is 2.34. The first-order valence-corrected chi connectivity index (χ1v) is 17.3. The second-order valence-electron chi connectivity index (χ2n) is 10.1. The number of aromatic hydroxyl groups is 1. The van der Waals surface area contributed by atoms with Gasteiger partial charge in [-0.3, -0.25) is 9.03 Å². The van der Waals surface area contributed by atoms with Crippen molar-refractivity contribution in [1.82, 2.24) is 10.3 Å². The molecule has 0 atom stereocenters. The molecule has 5 rings (SSSR count). The minimum atomic E-state index is -3.94. The van der Waals surface area contributed by atoms with Crippen molar-refractivity contribution in [3.05, 3.63) is 114 Å². The summed E-state index contributed by atoms with van der Waals surface area (Å²) in [6, 6.07) is 29.2. The van der Waals surface area contributed by atoms with Crippen LogP contribution in [0.1, 0.15) is 18.1 Å². The first kappa shape index (κ1) is 30.8. The van der Waals surface area contributed by atoms with E-state index in [2.05, 4.69) is 15.0 Å². The lowest BCUT2D eigenvalue weighted by atomic mass is 10.0. The molecule has 0 amide bonds. The molecule has 10 nitrogen and oxygen atoms in total. The molecule has 0 spiro atoms. The number of likely N-dealkylation sites (N-methyl/N-ethyl adjacent to an activating group) is 1. The van der Waals surface area contributed by atoms with Crippen LogP contribution < -0.4 is 14.3 Å². The summed E-state index contributed by atoms with van der Waals surface area (Å²) in [6.45, 7) is 3.46. The predicted molar refractivity (Wildman–Crippen MR) is 176 cm³/mol. The Labute approximate surface area is 257 Å². The van der Waals surface area contributed by atoms with Crippen LogP contribution in [0.3, 0.4) is 0 Å². The van der Waals surface area contributed by atoms with Crippen LogP contribution in [0.15, 0.2) is 113 Å². The molecule has 0 saturated heterocycles. The molecule has 0 radical (unpaired) electrons. The molecule has 0 unspecified atom stereocenters. The van der Waals surface area contributed by atoms with Crippen LogP contribution in [-0.4, -0.2) is 58.5 Å². The van der Waals surface area contributed by atoms with Crippen molar-refractivity contribution in [2.45, 2.75) is 11.8 Å². The van der Waals surface area contributed by atoms with Crippen LogP contribution in [0.2, 0.25) is 0 Å². The van der Waals surface area contributed by atoms with E-state index < -0.39 is 20.0 Å². The van der Waals surface area contributed by atoms with E-state index in [-0.39, 0.29) is 17.3 Å². The quantitative estimate of drug-likeness (QED) is 0.110. The maximum atomic E-state index is 13.3. The summed E-state index contributed by atoms with van der Waals surface area (Å²) in [5, 5.41) is 14.7. The number of rotatable bonds is 12. The van der Waals surface area contributed by atoms with Crippen LogP contribution in [0.5, 0.6) is 5.88 Å². The lowest BCUT2D eigenvalue weighted by molar-refractivity contribution is 0.457. The molecule has 0 aliphatic carbocycles. The summed E-state index contributed by atoms with van der Waals surface area (Å²) >= 11 is 0. The minimum absolute atomic E-state index is 0.0179. The molecule has 12 heteroatoms. The predicted octanol–water partition coefficient (Wildman–Crippen LogP) is 5.22. The summed E-state index contributed by atoms with van der Waals surface area (Å²) in [7, 11) is -7.45. The van der Waals surface area contributed by atoms with Gasteiger partial charge in [0, 0.05) is 35.2 Å². The highest BCUT2D eigenvalue weighted by molar-refractivity contribution is 7.92. The molecule has 0 aliphatic rings. The number of H-pyrrole nitrogens is 1. The van der Waals surface area contributed by atoms with Gasteiger partial charge in [0.05, 0.1) is 33.8 Å². The van der Waals surface area contributed by atoms with E-state index in [1.807, 2.05) is 37.3 Å². The zero-order chi connectivity index (χ0) is 31.3. The number of aromatic amines is 1. The first-order valence-electron chi connectivity index (χ1n) is 13.9. The molecule has 0 saturated carbocycles. The van der Waals surface area contributed by atoms with Crippen molar-refractivity contribution in [3.63, 3.8) is 0 Å². The van der Waals surface area contributed by atoms with Crippen molar-refractivity contribution < 1.29 is 21.9 Å². The number of aromatic nitrogens is 1. The van der Waals surface area contributed by atoms with Gasteiger partial charge in [0.15, 0.2) is 5.88 Å². The largest absolute Gasteiger partial charge is 0.494 e. The Morgan fingerprint density at radius 3 is 2.18 bits per heavy atom. The number of hydrogen-bond acceptors (Lipinski definition) is 7. The van der Waals surface area contributed by atoms with Crippen LogP contribution in [0, 0.1) is 0 Å². The van der Waals surface area contributed by atoms with Gasteiger partial charge >= 0.3 is 0 Å². The van der Waals surface area contributed by atoms with Crippen LogP contribution >= 0.6 is 0 Å². The number of hydrogen-bond donors (Lipinski definition) is 4. The average Bonchev–Trinajstić information content (AvgIpc) is 3.33. The fourth-order valence-electron chi connectivity index (χ4n) is 4.81. The Balaban J connectivity index is 1.58. The van der Waals surface area contributed by atoms with Gasteiger partial charge in [0.25, 0.3) is 10.0 Å². The third-order valence-corrected chi connectivity index (χ3v) is 9.46. The number of nitrogens with zero attached hydrogens (tertiary/aromatic N) is 2. The molecule has 4 N–H and O–H groups in total. The van der Waals surface area contributed by atoms with E-state index in [4.69, 9.17) is 4.99 Å². The zero-order valence-corrected chi connectivity index (χ0v) is 25.9. The van der Waals surface area contributed by atoms with Gasteiger partial charge in [-0.05, 0) is 61.1 Å². The Hall–Kier alpha value is -4.65. The van der Waals surface area contributed by atoms with Gasteiger partial charge in [-0.2, -0.15) is 0 Å². The van der Waals surface area contributed by atoms with Crippen molar-refractivity contribution in [2.75, 3.05) is 34.9 Å². The van der Waals surface area contributed by atoms with Crippen molar-refractivity contribution in [2.24, 2.45) is 4.99 Å². The van der Waals surface area contributed by atoms with Gasteiger partial charge in [-0.25, -0.2) is 21.8 Å². The minimum Gasteiger partial charge on any atom is -0.494 e. The van der Waals surface area contributed by atoms with Crippen LogP contribution in [0.4, 0.5) is 17.1 Å². The average molecular weight is 632 g/mol. The Morgan fingerprint density at radius 2 is 1.55 bits per heavy atom. The molecular weight excluding hydrogens is 599 g/mol. The number of anilines is 2. The second kappa shape index (κ2) is 12.9. The summed E-state index contributed by atoms with van der Waals surface area (Å²) in [5.41, 5.74) is 3.38. The van der Waals surface area contributed by atoms with E-state index in [1.54, 1.807) is 60.7 Å². The molecule has 228 valence electrons. The van der Waals surface area contributed by atoms with Crippen molar-refractivity contribution in [1.29, 1.82) is 0 Å². The van der Waals surface area contributed by atoms with E-state index >= 15 is 0 Å². The molecular formula is C32H33N5O5S2. The van der Waals surface area contributed by atoms with Crippen molar-refractivity contribution in [3.8, 4) is 5.88 Å². The van der Waals surface area contributed by atoms with E-state index in [9.17, 15) is 21.9 Å². The maximum Gasteiger partial charge on any atom is 0.261 e. The van der Waals surface area contributed by atoms with Gasteiger partial charge in [0.2, 0.25) is 10.0 Å². The smallest absolute Gasteiger partial charge is 0.261 e. The molecule has 44 heavy (non-hydrogen) atoms. The summed E-state index contributed by atoms with van der Waals surface area (Å²) in [5.74, 6) is -0.170. The maximum absolute atomic E-state index is 13.3. The van der Waals surface area contributed by atoms with Gasteiger partial charge in [-0.15, -0.1) is 0 Å². The third kappa shape index (κ3) is 6.94. The van der Waals surface area contributed by atoms with Crippen LogP contribution in [0.25, 0.3) is 10.9 Å². The number of fused-ring (bicyclic) bond motifs is 1. The van der Waals surface area contributed by atoms with Gasteiger partial charge in [0.1, 0.15) is 0 Å². The number of benzene rings is 4. The lowest BCUT2D eigenvalue weighted by Crippen LogP contribution is -2.36. The topological polar surface area (TPSA) is 144 Å². The van der Waals surface area contributed by atoms with E-state index in [0.29, 0.717) is 51.3 Å². The standard InChI is InChI=1S/C32H33N5O5S2/c1-3-33-20-21-37(43(2,39)40)26-16-14-24(15-17-26)34-31(23-10-6-4-7-11-23)30-28-22-27(18-19-29(28)35-32(30)38)44(41,42)36-25-12-8-5-9-13-25/h4-19,22,33,35-36,38H,3,20-21H2,1-2H3. The lowest BCUT2D eigenvalue weighted by Gasteiger charge is -2.22. The molecule has 0 aliphatic heterocycles. The molecule has 0 fully saturated rings. The number of sulfonamides is 2. The fourth-order valence-corrected chi connectivity index (χ4v) is 6.82.